The van der Waals surface area contributed by atoms with Gasteiger partial charge in [-0.3, -0.25) is 4.79 Å². The lowest BCUT2D eigenvalue weighted by molar-refractivity contribution is -0.123. The molecule has 0 atom stereocenters. The van der Waals surface area contributed by atoms with Gasteiger partial charge in [0.1, 0.15) is 0 Å². The first-order valence-corrected chi connectivity index (χ1v) is 14.2. The average molecular weight is 522 g/mol. The summed E-state index contributed by atoms with van der Waals surface area (Å²) in [5.41, 5.74) is 4.17. The Morgan fingerprint density at radius 3 is 1.90 bits per heavy atom. The summed E-state index contributed by atoms with van der Waals surface area (Å²) in [6, 6.07) is 28.1. The summed E-state index contributed by atoms with van der Waals surface area (Å²) in [7, 11) is -0.450. The van der Waals surface area contributed by atoms with Gasteiger partial charge in [-0.1, -0.05) is 72.8 Å². The van der Waals surface area contributed by atoms with E-state index in [0.29, 0.717) is 6.04 Å². The third-order valence-electron chi connectivity index (χ3n) is 9.38. The Bertz CT molecular complexity index is 1310. The lowest BCUT2D eigenvalue weighted by Gasteiger charge is -2.44. The van der Waals surface area contributed by atoms with Crippen LogP contribution >= 0.6 is 0 Å². The van der Waals surface area contributed by atoms with Crippen molar-refractivity contribution < 1.29 is 14.1 Å². The number of benzene rings is 3. The van der Waals surface area contributed by atoms with Gasteiger partial charge in [-0.15, -0.1) is 0 Å². The first-order valence-electron chi connectivity index (χ1n) is 14.2. The van der Waals surface area contributed by atoms with Crippen LogP contribution < -0.4 is 15.7 Å². The summed E-state index contributed by atoms with van der Waals surface area (Å²) < 4.78 is 12.7. The van der Waals surface area contributed by atoms with Crippen molar-refractivity contribution in [3.63, 3.8) is 0 Å². The van der Waals surface area contributed by atoms with Crippen LogP contribution in [-0.4, -0.2) is 36.3 Å². The minimum atomic E-state index is -0.557. The standard InChI is InChI=1S/C33H39BN2O3/c1-31(2)27-18-17-24(34-38-32(3,4)33(5,6)39-34)19-28(27)36(30(31)37)26-20-25(21-26)35-29(22-13-9-7-10-14-22)23-15-11-8-12-16-23/h7-19,25-26,29,35H,20-21H2,1-6H3/t25-,26+. The van der Waals surface area contributed by atoms with Crippen LogP contribution in [0.3, 0.4) is 0 Å². The maximum atomic E-state index is 13.8. The van der Waals surface area contributed by atoms with Gasteiger partial charge < -0.3 is 19.5 Å². The zero-order valence-corrected chi connectivity index (χ0v) is 23.9. The van der Waals surface area contributed by atoms with Crippen LogP contribution in [-0.2, 0) is 19.5 Å². The van der Waals surface area contributed by atoms with Crippen LogP contribution in [0, 0.1) is 0 Å². The van der Waals surface area contributed by atoms with Crippen molar-refractivity contribution in [2.75, 3.05) is 4.90 Å². The fourth-order valence-electron chi connectivity index (χ4n) is 6.14. The number of carbonyl (C=O) groups is 1. The summed E-state index contributed by atoms with van der Waals surface area (Å²) in [4.78, 5) is 15.8. The molecule has 5 nitrogen and oxygen atoms in total. The molecule has 0 spiro atoms. The molecule has 0 unspecified atom stereocenters. The molecule has 6 heteroatoms. The van der Waals surface area contributed by atoms with Crippen molar-refractivity contribution in [3.8, 4) is 0 Å². The van der Waals surface area contributed by atoms with Crippen molar-refractivity contribution in [1.29, 1.82) is 0 Å². The van der Waals surface area contributed by atoms with Crippen molar-refractivity contribution in [3.05, 3.63) is 95.6 Å². The lowest BCUT2D eigenvalue weighted by Crippen LogP contribution is -2.55. The molecule has 3 aliphatic rings. The molecule has 1 amide bonds. The second-order valence-corrected chi connectivity index (χ2v) is 12.9. The number of nitrogens with zero attached hydrogens (tertiary/aromatic N) is 1. The fraction of sp³-hybridized carbons (Fsp3) is 0.424. The van der Waals surface area contributed by atoms with Crippen LogP contribution in [0.5, 0.6) is 0 Å². The molecule has 3 aromatic rings. The Morgan fingerprint density at radius 2 is 1.36 bits per heavy atom. The minimum absolute atomic E-state index is 0.117. The Labute approximate surface area is 233 Å². The first kappa shape index (κ1) is 26.3. The van der Waals surface area contributed by atoms with E-state index < -0.39 is 23.7 Å². The van der Waals surface area contributed by atoms with E-state index in [1.54, 1.807) is 0 Å². The molecular formula is C33H39BN2O3. The maximum absolute atomic E-state index is 13.8. The predicted octanol–water partition coefficient (Wildman–Crippen LogP) is 5.52. The summed E-state index contributed by atoms with van der Waals surface area (Å²) in [6.07, 6.45) is 1.83. The van der Waals surface area contributed by atoms with Gasteiger partial charge in [-0.2, -0.15) is 0 Å². The van der Waals surface area contributed by atoms with E-state index in [1.807, 2.05) is 13.8 Å². The molecule has 3 aromatic carbocycles. The molecule has 1 saturated carbocycles. The van der Waals surface area contributed by atoms with Crippen molar-refractivity contribution in [2.24, 2.45) is 0 Å². The SMILES string of the molecule is CC1(C)C(=O)N([C@H]2C[C@@H](NC(c3ccccc3)c3ccccc3)C2)c2cc(B3OC(C)(C)C(C)(C)O3)ccc21. The van der Waals surface area contributed by atoms with Crippen LogP contribution in [0.2, 0.25) is 0 Å². The van der Waals surface area contributed by atoms with Crippen molar-refractivity contribution >= 4 is 24.2 Å². The number of hydrogen-bond acceptors (Lipinski definition) is 4. The smallest absolute Gasteiger partial charge is 0.399 e. The number of fused-ring (bicyclic) bond motifs is 1. The number of rotatable bonds is 6. The largest absolute Gasteiger partial charge is 0.494 e. The topological polar surface area (TPSA) is 50.8 Å². The highest BCUT2D eigenvalue weighted by Gasteiger charge is 2.53. The molecule has 39 heavy (non-hydrogen) atoms. The third kappa shape index (κ3) is 4.43. The monoisotopic (exact) mass is 522 g/mol. The number of anilines is 1. The molecule has 202 valence electrons. The highest BCUT2D eigenvalue weighted by Crippen LogP contribution is 2.46. The van der Waals surface area contributed by atoms with Gasteiger partial charge in [0.15, 0.2) is 0 Å². The van der Waals surface area contributed by atoms with Crippen LogP contribution in [0.25, 0.3) is 0 Å². The van der Waals surface area contributed by atoms with Gasteiger partial charge in [0.25, 0.3) is 0 Å². The number of carbonyl (C=O) groups excluding carboxylic acids is 1. The van der Waals surface area contributed by atoms with Gasteiger partial charge in [-0.25, -0.2) is 0 Å². The Kier molecular flexibility index (Phi) is 6.29. The van der Waals surface area contributed by atoms with Gasteiger partial charge in [0.2, 0.25) is 5.91 Å². The highest BCUT2D eigenvalue weighted by molar-refractivity contribution is 6.62. The normalized spacial score (nSPS) is 24.6. The molecule has 1 aliphatic carbocycles. The molecule has 0 radical (unpaired) electrons. The Balaban J connectivity index is 1.23. The van der Waals surface area contributed by atoms with Crippen LogP contribution in [0.15, 0.2) is 78.9 Å². The molecule has 0 aromatic heterocycles. The van der Waals surface area contributed by atoms with Crippen LogP contribution in [0.1, 0.15) is 77.1 Å². The third-order valence-corrected chi connectivity index (χ3v) is 9.38. The Hall–Kier alpha value is -2.93. The van der Waals surface area contributed by atoms with Crippen molar-refractivity contribution in [1.82, 2.24) is 5.32 Å². The molecule has 2 fully saturated rings. The molecule has 1 N–H and O–H groups in total. The van der Waals surface area contributed by atoms with E-state index in [-0.39, 0.29) is 18.0 Å². The van der Waals surface area contributed by atoms with Gasteiger partial charge in [0, 0.05) is 17.8 Å². The molecule has 2 aliphatic heterocycles. The quantitative estimate of drug-likeness (QED) is 0.434. The highest BCUT2D eigenvalue weighted by atomic mass is 16.7. The molecule has 6 rings (SSSR count). The zero-order valence-electron chi connectivity index (χ0n) is 23.9. The maximum Gasteiger partial charge on any atom is 0.494 e. The summed E-state index contributed by atoms with van der Waals surface area (Å²) in [6.45, 7) is 12.4. The van der Waals surface area contributed by atoms with Crippen LogP contribution in [0.4, 0.5) is 5.69 Å². The van der Waals surface area contributed by atoms with Crippen molar-refractivity contribution in [2.45, 2.75) is 89.1 Å². The molecule has 0 bridgehead atoms. The van der Waals surface area contributed by atoms with E-state index in [4.69, 9.17) is 9.31 Å². The summed E-state index contributed by atoms with van der Waals surface area (Å²) >= 11 is 0. The summed E-state index contributed by atoms with van der Waals surface area (Å²) in [5.74, 6) is 0.176. The first-order chi connectivity index (χ1) is 18.5. The summed E-state index contributed by atoms with van der Waals surface area (Å²) in [5, 5.41) is 3.90. The minimum Gasteiger partial charge on any atom is -0.399 e. The predicted molar refractivity (Wildman–Crippen MR) is 157 cm³/mol. The van der Waals surface area contributed by atoms with E-state index >= 15 is 0 Å². The van der Waals surface area contributed by atoms with Gasteiger partial charge in [-0.05, 0) is 82.6 Å². The molecule has 2 heterocycles. The van der Waals surface area contributed by atoms with E-state index in [9.17, 15) is 4.79 Å². The van der Waals surface area contributed by atoms with Gasteiger partial charge in [0.05, 0.1) is 22.7 Å². The number of hydrogen-bond donors (Lipinski definition) is 1. The second kappa shape index (κ2) is 9.33. The number of amides is 1. The Morgan fingerprint density at radius 1 is 0.821 bits per heavy atom. The zero-order chi connectivity index (χ0) is 27.6. The molecule has 1 saturated heterocycles. The van der Waals surface area contributed by atoms with E-state index in [1.165, 1.54) is 11.1 Å². The second-order valence-electron chi connectivity index (χ2n) is 12.9. The lowest BCUT2D eigenvalue weighted by atomic mass is 9.76. The van der Waals surface area contributed by atoms with E-state index in [0.717, 1.165) is 29.6 Å². The average Bonchev–Trinajstić information content (AvgIpc) is 3.23. The molecular weight excluding hydrogens is 483 g/mol. The van der Waals surface area contributed by atoms with E-state index in [2.05, 4.69) is 117 Å². The van der Waals surface area contributed by atoms with Gasteiger partial charge >= 0.3 is 7.12 Å². The number of nitrogens with one attached hydrogen (secondary N) is 1. The fourth-order valence-corrected chi connectivity index (χ4v) is 6.14.